The minimum absolute atomic E-state index is 0.300. The maximum atomic E-state index is 13.5. The molecule has 0 spiro atoms. The zero-order chi connectivity index (χ0) is 27.6. The van der Waals surface area contributed by atoms with Gasteiger partial charge in [-0.15, -0.1) is 0 Å². The molecule has 0 amide bonds. The molecule has 40 heavy (non-hydrogen) atoms. The monoisotopic (exact) mass is 657 g/mol. The average molecular weight is 659 g/mol. The lowest BCUT2D eigenvalue weighted by molar-refractivity contribution is 0.284. The van der Waals surface area contributed by atoms with E-state index < -0.39 is 0 Å². The van der Waals surface area contributed by atoms with Gasteiger partial charge in [-0.2, -0.15) is 9.78 Å². The molecule has 0 aliphatic heterocycles. The Kier molecular flexibility index (Phi) is 7.23. The summed E-state index contributed by atoms with van der Waals surface area (Å²) < 4.78 is 20.8. The second-order valence-corrected chi connectivity index (χ2v) is 10.8. The van der Waals surface area contributed by atoms with Crippen molar-refractivity contribution < 1.29 is 13.9 Å². The Morgan fingerprint density at radius 1 is 0.925 bits per heavy atom. The number of benzene rings is 4. The van der Waals surface area contributed by atoms with Gasteiger partial charge in [0, 0.05) is 14.3 Å². The molecule has 0 unspecified atom stereocenters. The summed E-state index contributed by atoms with van der Waals surface area (Å²) in [6.07, 6.45) is 1.58. The first-order chi connectivity index (χ1) is 19.5. The van der Waals surface area contributed by atoms with Crippen LogP contribution in [0.25, 0.3) is 33.5 Å². The van der Waals surface area contributed by atoms with Gasteiger partial charge in [-0.25, -0.2) is 4.98 Å². The van der Waals surface area contributed by atoms with E-state index in [0.29, 0.717) is 51.7 Å². The van der Waals surface area contributed by atoms with Crippen LogP contribution in [0.1, 0.15) is 11.1 Å². The number of rotatable bonds is 7. The smallest absolute Gasteiger partial charge is 0.282 e. The molecule has 4 aromatic carbocycles. The van der Waals surface area contributed by atoms with E-state index in [0.717, 1.165) is 19.9 Å². The third-order valence-electron chi connectivity index (χ3n) is 6.27. The summed E-state index contributed by atoms with van der Waals surface area (Å²) in [6, 6.07) is 28.1. The molecule has 0 aliphatic carbocycles. The molecule has 0 fully saturated rings. The Hall–Kier alpha value is -4.21. The molecule has 0 aliphatic rings. The van der Waals surface area contributed by atoms with E-state index in [-0.39, 0.29) is 5.56 Å². The fraction of sp³-hybridized carbons (Fsp3) is 0.0645. The maximum Gasteiger partial charge on any atom is 0.282 e. The van der Waals surface area contributed by atoms with Gasteiger partial charge in [-0.1, -0.05) is 56.1 Å². The van der Waals surface area contributed by atoms with E-state index in [1.165, 1.54) is 4.68 Å². The van der Waals surface area contributed by atoms with Crippen molar-refractivity contribution in [3.8, 4) is 23.1 Å². The van der Waals surface area contributed by atoms with Crippen LogP contribution in [0, 0.1) is 0 Å². The Balaban J connectivity index is 1.36. The topological polar surface area (TPSA) is 78.9 Å². The summed E-state index contributed by atoms with van der Waals surface area (Å²) >= 11 is 6.93. The highest BCUT2D eigenvalue weighted by Gasteiger charge is 2.17. The van der Waals surface area contributed by atoms with Crippen LogP contribution in [-0.4, -0.2) is 23.0 Å². The number of fused-ring (bicyclic) bond motifs is 2. The van der Waals surface area contributed by atoms with Crippen molar-refractivity contribution in [2.24, 2.45) is 5.10 Å². The number of ether oxygens (including phenoxy) is 2. The molecule has 7 nitrogen and oxygen atoms in total. The van der Waals surface area contributed by atoms with Crippen LogP contribution in [0.15, 0.2) is 114 Å². The number of hydrogen-bond acceptors (Lipinski definition) is 6. The van der Waals surface area contributed by atoms with Crippen LogP contribution in [-0.2, 0) is 6.61 Å². The number of methoxy groups -OCH3 is 1. The van der Waals surface area contributed by atoms with Crippen molar-refractivity contribution in [1.29, 1.82) is 0 Å². The minimum Gasteiger partial charge on any atom is -0.493 e. The molecule has 0 bridgehead atoms. The zero-order valence-electron chi connectivity index (χ0n) is 21.2. The SMILES string of the molecule is COc1cc(C=Nn2c(-c3cc4cc(Br)ccc4o3)nc3ccccc3c2=O)ccc1OCc1ccc(Br)cc1. The quantitative estimate of drug-likeness (QED) is 0.164. The summed E-state index contributed by atoms with van der Waals surface area (Å²) in [5.74, 6) is 1.88. The lowest BCUT2D eigenvalue weighted by atomic mass is 10.2. The fourth-order valence-corrected chi connectivity index (χ4v) is 4.91. The van der Waals surface area contributed by atoms with Crippen LogP contribution >= 0.6 is 31.9 Å². The Morgan fingerprint density at radius 2 is 1.73 bits per heavy atom. The summed E-state index contributed by atoms with van der Waals surface area (Å²) in [5.41, 5.74) is 2.68. The highest BCUT2D eigenvalue weighted by Crippen LogP contribution is 2.30. The minimum atomic E-state index is -0.306. The van der Waals surface area contributed by atoms with Crippen LogP contribution in [0.3, 0.4) is 0 Å². The van der Waals surface area contributed by atoms with E-state index in [1.54, 1.807) is 37.6 Å². The number of para-hydroxylation sites is 1. The molecule has 6 rings (SSSR count). The van der Waals surface area contributed by atoms with Gasteiger partial charge in [0.25, 0.3) is 5.56 Å². The second-order valence-electron chi connectivity index (χ2n) is 8.93. The first-order valence-corrected chi connectivity index (χ1v) is 13.9. The van der Waals surface area contributed by atoms with Gasteiger partial charge in [-0.3, -0.25) is 4.79 Å². The van der Waals surface area contributed by atoms with Crippen LogP contribution in [0.2, 0.25) is 0 Å². The van der Waals surface area contributed by atoms with E-state index in [9.17, 15) is 4.79 Å². The molecule has 2 aromatic heterocycles. The molecule has 198 valence electrons. The Morgan fingerprint density at radius 3 is 2.55 bits per heavy atom. The average Bonchev–Trinajstić information content (AvgIpc) is 3.39. The summed E-state index contributed by atoms with van der Waals surface area (Å²) in [7, 11) is 1.58. The predicted molar refractivity (Wildman–Crippen MR) is 163 cm³/mol. The molecular formula is C31H21Br2N3O4. The molecule has 2 heterocycles. The second kappa shape index (κ2) is 11.1. The summed E-state index contributed by atoms with van der Waals surface area (Å²) in [4.78, 5) is 18.3. The van der Waals surface area contributed by atoms with Crippen molar-refractivity contribution >= 4 is 59.9 Å². The molecule has 0 atom stereocenters. The molecule has 0 saturated heterocycles. The number of nitrogens with zero attached hydrogens (tertiary/aromatic N) is 3. The van der Waals surface area contributed by atoms with E-state index >= 15 is 0 Å². The lowest BCUT2D eigenvalue weighted by Crippen LogP contribution is -2.20. The third-order valence-corrected chi connectivity index (χ3v) is 7.29. The number of aromatic nitrogens is 2. The van der Waals surface area contributed by atoms with Gasteiger partial charge in [0.05, 0.1) is 24.2 Å². The van der Waals surface area contributed by atoms with Gasteiger partial charge in [0.15, 0.2) is 17.3 Å². The lowest BCUT2D eigenvalue weighted by Gasteiger charge is -2.11. The molecule has 0 N–H and O–H groups in total. The predicted octanol–water partition coefficient (Wildman–Crippen LogP) is 7.80. The first-order valence-electron chi connectivity index (χ1n) is 12.3. The van der Waals surface area contributed by atoms with Crippen molar-refractivity contribution in [2.75, 3.05) is 7.11 Å². The molecular weight excluding hydrogens is 638 g/mol. The van der Waals surface area contributed by atoms with Crippen molar-refractivity contribution in [3.63, 3.8) is 0 Å². The highest BCUT2D eigenvalue weighted by molar-refractivity contribution is 9.10. The van der Waals surface area contributed by atoms with Crippen molar-refractivity contribution in [2.45, 2.75) is 6.61 Å². The largest absolute Gasteiger partial charge is 0.493 e. The molecule has 6 aromatic rings. The van der Waals surface area contributed by atoms with E-state index in [2.05, 4.69) is 37.0 Å². The Labute approximate surface area is 245 Å². The van der Waals surface area contributed by atoms with Gasteiger partial charge in [0.1, 0.15) is 12.2 Å². The Bertz CT molecular complexity index is 1950. The summed E-state index contributed by atoms with van der Waals surface area (Å²) in [5, 5.41) is 5.88. The van der Waals surface area contributed by atoms with Gasteiger partial charge >= 0.3 is 0 Å². The van der Waals surface area contributed by atoms with E-state index in [1.807, 2.05) is 66.7 Å². The molecule has 9 heteroatoms. The molecule has 0 saturated carbocycles. The normalized spacial score (nSPS) is 11.5. The number of hydrogen-bond donors (Lipinski definition) is 0. The van der Waals surface area contributed by atoms with Crippen LogP contribution in [0.4, 0.5) is 0 Å². The maximum absolute atomic E-state index is 13.5. The van der Waals surface area contributed by atoms with Gasteiger partial charge < -0.3 is 13.9 Å². The fourth-order valence-electron chi connectivity index (χ4n) is 4.26. The summed E-state index contributed by atoms with van der Waals surface area (Å²) in [6.45, 7) is 0.395. The number of halogens is 2. The zero-order valence-corrected chi connectivity index (χ0v) is 24.3. The molecule has 0 radical (unpaired) electrons. The van der Waals surface area contributed by atoms with E-state index in [4.69, 9.17) is 18.9 Å². The van der Waals surface area contributed by atoms with Crippen molar-refractivity contribution in [1.82, 2.24) is 9.66 Å². The van der Waals surface area contributed by atoms with Crippen LogP contribution < -0.4 is 15.0 Å². The van der Waals surface area contributed by atoms with Gasteiger partial charge in [0.2, 0.25) is 5.82 Å². The third kappa shape index (κ3) is 5.30. The van der Waals surface area contributed by atoms with Crippen LogP contribution in [0.5, 0.6) is 11.5 Å². The van der Waals surface area contributed by atoms with Gasteiger partial charge in [-0.05, 0) is 77.9 Å². The first kappa shape index (κ1) is 26.0. The number of furan rings is 1. The highest BCUT2D eigenvalue weighted by atomic mass is 79.9. The van der Waals surface area contributed by atoms with Crippen molar-refractivity contribution in [3.05, 3.63) is 121 Å². The standard InChI is InChI=1S/C31H21Br2N3O4/c1-38-28-14-20(8-12-27(28)39-18-19-6-9-22(32)10-7-19)17-34-36-30(35-25-5-3-2-4-24(25)31(36)37)29-16-21-15-23(33)11-13-26(21)40-29/h2-17H,18H2,1H3.